The predicted octanol–water partition coefficient (Wildman–Crippen LogP) is 3.39. The smallest absolute Gasteiger partial charge is 0.230 e. The third kappa shape index (κ3) is 5.47. The highest BCUT2D eigenvalue weighted by molar-refractivity contribution is 14.0. The van der Waals surface area contributed by atoms with Gasteiger partial charge < -0.3 is 15.5 Å². The number of nitrogens with zero attached hydrogens (tertiary/aromatic N) is 2. The van der Waals surface area contributed by atoms with E-state index in [-0.39, 0.29) is 35.3 Å². The van der Waals surface area contributed by atoms with Crippen molar-refractivity contribution in [2.75, 3.05) is 34.2 Å². The maximum Gasteiger partial charge on any atom is 0.230 e. The largest absolute Gasteiger partial charge is 0.356 e. The van der Waals surface area contributed by atoms with Gasteiger partial charge in [-0.2, -0.15) is 0 Å². The van der Waals surface area contributed by atoms with Crippen molar-refractivity contribution in [3.63, 3.8) is 0 Å². The molecule has 0 unspecified atom stereocenters. The van der Waals surface area contributed by atoms with Crippen molar-refractivity contribution in [2.45, 2.75) is 64.7 Å². The van der Waals surface area contributed by atoms with Gasteiger partial charge in [-0.1, -0.05) is 32.6 Å². The zero-order chi connectivity index (χ0) is 17.6. The van der Waals surface area contributed by atoms with E-state index in [0.29, 0.717) is 12.0 Å². The van der Waals surface area contributed by atoms with Crippen LogP contribution in [0.4, 0.5) is 0 Å². The fourth-order valence-corrected chi connectivity index (χ4v) is 4.52. The summed E-state index contributed by atoms with van der Waals surface area (Å²) in [5, 5.41) is 6.97. The average molecular weight is 464 g/mol. The lowest BCUT2D eigenvalue weighted by Gasteiger charge is -2.32. The Kier molecular flexibility index (Phi) is 8.98. The van der Waals surface area contributed by atoms with E-state index in [2.05, 4.69) is 22.5 Å². The minimum absolute atomic E-state index is 0. The molecule has 2 aliphatic rings. The van der Waals surface area contributed by atoms with E-state index in [1.54, 1.807) is 4.90 Å². The van der Waals surface area contributed by atoms with Crippen LogP contribution in [0.5, 0.6) is 0 Å². The number of nitrogens with one attached hydrogen (secondary N) is 2. The van der Waals surface area contributed by atoms with Gasteiger partial charge in [0, 0.05) is 34.2 Å². The SMILES string of the molecule is CCC1(CNC(=NC)NCC2(C(=O)N(C)C)CCCC2)CCCC1.I. The topological polar surface area (TPSA) is 56.7 Å². The number of hydrogen-bond acceptors (Lipinski definition) is 2. The second-order valence-electron chi connectivity index (χ2n) is 8.03. The Labute approximate surface area is 170 Å². The molecule has 0 aromatic rings. The van der Waals surface area contributed by atoms with Crippen LogP contribution in [0, 0.1) is 10.8 Å². The number of hydrogen-bond donors (Lipinski definition) is 2. The molecule has 25 heavy (non-hydrogen) atoms. The van der Waals surface area contributed by atoms with Gasteiger partial charge in [0.1, 0.15) is 0 Å². The molecule has 0 atom stereocenters. The summed E-state index contributed by atoms with van der Waals surface area (Å²) in [7, 11) is 5.54. The monoisotopic (exact) mass is 464 g/mol. The van der Waals surface area contributed by atoms with Crippen LogP contribution in [0.15, 0.2) is 4.99 Å². The Morgan fingerprint density at radius 2 is 1.52 bits per heavy atom. The Bertz CT molecular complexity index is 452. The molecule has 0 heterocycles. The van der Waals surface area contributed by atoms with E-state index < -0.39 is 0 Å². The molecular formula is C19H37IN4O. The predicted molar refractivity (Wildman–Crippen MR) is 116 cm³/mol. The van der Waals surface area contributed by atoms with E-state index in [1.807, 2.05) is 21.1 Å². The highest BCUT2D eigenvalue weighted by atomic mass is 127. The van der Waals surface area contributed by atoms with Crippen LogP contribution < -0.4 is 10.6 Å². The number of aliphatic imine (C=N–C) groups is 1. The number of carbonyl (C=O) groups is 1. The van der Waals surface area contributed by atoms with E-state index >= 15 is 0 Å². The number of guanidine groups is 1. The molecule has 0 aromatic heterocycles. The molecule has 0 bridgehead atoms. The summed E-state index contributed by atoms with van der Waals surface area (Å²) >= 11 is 0. The van der Waals surface area contributed by atoms with E-state index in [4.69, 9.17) is 0 Å². The van der Waals surface area contributed by atoms with Crippen molar-refractivity contribution in [1.82, 2.24) is 15.5 Å². The van der Waals surface area contributed by atoms with E-state index in [9.17, 15) is 4.79 Å². The van der Waals surface area contributed by atoms with Crippen LogP contribution in [0.25, 0.3) is 0 Å². The third-order valence-electron chi connectivity index (χ3n) is 6.28. The first-order chi connectivity index (χ1) is 11.5. The lowest BCUT2D eigenvalue weighted by atomic mass is 9.83. The Morgan fingerprint density at radius 1 is 1.00 bits per heavy atom. The molecule has 0 aliphatic heterocycles. The number of halogens is 1. The maximum absolute atomic E-state index is 12.7. The van der Waals surface area contributed by atoms with Gasteiger partial charge in [-0.05, 0) is 37.5 Å². The van der Waals surface area contributed by atoms with Crippen molar-refractivity contribution < 1.29 is 4.79 Å². The normalized spacial score (nSPS) is 21.5. The summed E-state index contributed by atoms with van der Waals surface area (Å²) in [6.45, 7) is 3.97. The van der Waals surface area contributed by atoms with Crippen LogP contribution in [-0.2, 0) is 4.79 Å². The minimum Gasteiger partial charge on any atom is -0.356 e. The molecule has 1 amide bonds. The quantitative estimate of drug-likeness (QED) is 0.360. The van der Waals surface area contributed by atoms with Gasteiger partial charge >= 0.3 is 0 Å². The standard InChI is InChI=1S/C19H36N4O.HI/c1-5-18(10-6-7-11-18)14-21-17(20-2)22-15-19(12-8-9-13-19)16(24)23(3)4;/h5-15H2,1-4H3,(H2,20,21,22);1H. The number of amides is 1. The Balaban J connectivity index is 0.00000312. The van der Waals surface area contributed by atoms with Gasteiger partial charge in [0.15, 0.2) is 5.96 Å². The molecule has 6 heteroatoms. The summed E-state index contributed by atoms with van der Waals surface area (Å²) in [5.74, 6) is 1.09. The molecule has 2 N–H and O–H groups in total. The summed E-state index contributed by atoms with van der Waals surface area (Å²) in [6.07, 6.45) is 10.8. The van der Waals surface area contributed by atoms with Gasteiger partial charge in [-0.3, -0.25) is 9.79 Å². The Hall–Kier alpha value is -0.530. The molecule has 0 radical (unpaired) electrons. The zero-order valence-corrected chi connectivity index (χ0v) is 18.8. The first-order valence-corrected chi connectivity index (χ1v) is 9.63. The molecule has 0 saturated heterocycles. The molecule has 2 fully saturated rings. The fraction of sp³-hybridized carbons (Fsp3) is 0.895. The summed E-state index contributed by atoms with van der Waals surface area (Å²) in [6, 6.07) is 0. The molecule has 0 spiro atoms. The Morgan fingerprint density at radius 3 is 2.00 bits per heavy atom. The van der Waals surface area contributed by atoms with Crippen molar-refractivity contribution in [3.8, 4) is 0 Å². The molecule has 146 valence electrons. The van der Waals surface area contributed by atoms with Crippen LogP contribution in [0.3, 0.4) is 0 Å². The number of carbonyl (C=O) groups excluding carboxylic acids is 1. The van der Waals surface area contributed by atoms with Crippen molar-refractivity contribution in [2.24, 2.45) is 15.8 Å². The van der Waals surface area contributed by atoms with Crippen LogP contribution in [0.1, 0.15) is 64.7 Å². The van der Waals surface area contributed by atoms with Gasteiger partial charge in [-0.25, -0.2) is 0 Å². The van der Waals surface area contributed by atoms with Crippen molar-refractivity contribution in [3.05, 3.63) is 0 Å². The highest BCUT2D eigenvalue weighted by Gasteiger charge is 2.42. The fourth-order valence-electron chi connectivity index (χ4n) is 4.52. The van der Waals surface area contributed by atoms with Crippen molar-refractivity contribution in [1.29, 1.82) is 0 Å². The third-order valence-corrected chi connectivity index (χ3v) is 6.28. The molecule has 2 saturated carbocycles. The molecule has 5 nitrogen and oxygen atoms in total. The van der Waals surface area contributed by atoms with Crippen LogP contribution in [0.2, 0.25) is 0 Å². The average Bonchev–Trinajstić information content (AvgIpc) is 3.25. The van der Waals surface area contributed by atoms with Crippen molar-refractivity contribution >= 4 is 35.8 Å². The summed E-state index contributed by atoms with van der Waals surface area (Å²) in [4.78, 5) is 18.8. The molecule has 2 rings (SSSR count). The lowest BCUT2D eigenvalue weighted by molar-refractivity contribution is -0.138. The van der Waals surface area contributed by atoms with E-state index in [0.717, 1.165) is 38.2 Å². The first kappa shape index (κ1) is 22.5. The molecule has 0 aromatic carbocycles. The number of rotatable bonds is 6. The van der Waals surface area contributed by atoms with Crippen LogP contribution >= 0.6 is 24.0 Å². The van der Waals surface area contributed by atoms with Gasteiger partial charge in [0.2, 0.25) is 5.91 Å². The summed E-state index contributed by atoms with van der Waals surface area (Å²) in [5.41, 5.74) is 0.180. The highest BCUT2D eigenvalue weighted by Crippen LogP contribution is 2.40. The maximum atomic E-state index is 12.7. The second-order valence-corrected chi connectivity index (χ2v) is 8.03. The first-order valence-electron chi connectivity index (χ1n) is 9.63. The molecule has 2 aliphatic carbocycles. The molecular weight excluding hydrogens is 427 g/mol. The van der Waals surface area contributed by atoms with E-state index in [1.165, 1.54) is 32.1 Å². The lowest BCUT2D eigenvalue weighted by Crippen LogP contribution is -2.50. The van der Waals surface area contributed by atoms with Gasteiger partial charge in [0.25, 0.3) is 0 Å². The minimum atomic E-state index is -0.253. The van der Waals surface area contributed by atoms with Crippen LogP contribution in [-0.4, -0.2) is 51.0 Å². The van der Waals surface area contributed by atoms with Gasteiger partial charge in [0.05, 0.1) is 5.41 Å². The van der Waals surface area contributed by atoms with Gasteiger partial charge in [-0.15, -0.1) is 24.0 Å². The second kappa shape index (κ2) is 9.97. The zero-order valence-electron chi connectivity index (χ0n) is 16.5. The summed E-state index contributed by atoms with van der Waals surface area (Å²) < 4.78 is 0.